The average molecular weight is 319 g/mol. The standard InChI is InChI=1S/C19H17N3O2/c1-11-4-5-13(9-20-11)17-21-10-16(24-17)12-6-7-14-15(8-12)22-18(23)19(14,2)3/h4-10H,1-3H3,(H,22,23). The molecule has 2 aromatic heterocycles. The van der Waals surface area contributed by atoms with Gasteiger partial charge in [0.15, 0.2) is 5.76 Å². The van der Waals surface area contributed by atoms with E-state index < -0.39 is 5.41 Å². The largest absolute Gasteiger partial charge is 0.436 e. The third-order valence-electron chi connectivity index (χ3n) is 4.46. The first kappa shape index (κ1) is 14.6. The van der Waals surface area contributed by atoms with E-state index >= 15 is 0 Å². The third-order valence-corrected chi connectivity index (χ3v) is 4.46. The van der Waals surface area contributed by atoms with Gasteiger partial charge in [-0.05, 0) is 44.5 Å². The molecule has 0 fully saturated rings. The van der Waals surface area contributed by atoms with Crippen LogP contribution in [0.1, 0.15) is 25.1 Å². The molecule has 3 aromatic rings. The van der Waals surface area contributed by atoms with Crippen LogP contribution in [0.25, 0.3) is 22.8 Å². The van der Waals surface area contributed by atoms with E-state index in [2.05, 4.69) is 15.3 Å². The lowest BCUT2D eigenvalue weighted by Crippen LogP contribution is -2.26. The Morgan fingerprint density at radius 1 is 1.04 bits per heavy atom. The highest BCUT2D eigenvalue weighted by Crippen LogP contribution is 2.39. The van der Waals surface area contributed by atoms with Crippen LogP contribution in [-0.2, 0) is 10.2 Å². The number of hydrogen-bond donors (Lipinski definition) is 1. The van der Waals surface area contributed by atoms with Gasteiger partial charge in [-0.2, -0.15) is 0 Å². The Morgan fingerprint density at radius 3 is 2.58 bits per heavy atom. The van der Waals surface area contributed by atoms with Crippen LogP contribution < -0.4 is 5.32 Å². The van der Waals surface area contributed by atoms with Crippen LogP contribution >= 0.6 is 0 Å². The number of carbonyl (C=O) groups excluding carboxylic acids is 1. The number of aryl methyl sites for hydroxylation is 1. The van der Waals surface area contributed by atoms with Gasteiger partial charge in [0.2, 0.25) is 11.8 Å². The first-order valence-electron chi connectivity index (χ1n) is 7.80. The van der Waals surface area contributed by atoms with Crippen molar-refractivity contribution in [2.45, 2.75) is 26.2 Å². The molecule has 0 aliphatic carbocycles. The van der Waals surface area contributed by atoms with Crippen molar-refractivity contribution >= 4 is 11.6 Å². The van der Waals surface area contributed by atoms with Gasteiger partial charge in [0.05, 0.1) is 17.2 Å². The summed E-state index contributed by atoms with van der Waals surface area (Å²) in [6.07, 6.45) is 3.44. The van der Waals surface area contributed by atoms with E-state index in [-0.39, 0.29) is 5.91 Å². The van der Waals surface area contributed by atoms with Crippen LogP contribution in [0.15, 0.2) is 47.1 Å². The zero-order valence-electron chi connectivity index (χ0n) is 13.8. The maximum absolute atomic E-state index is 12.1. The summed E-state index contributed by atoms with van der Waals surface area (Å²) in [7, 11) is 0. The Morgan fingerprint density at radius 2 is 1.83 bits per heavy atom. The summed E-state index contributed by atoms with van der Waals surface area (Å²) in [5, 5.41) is 2.93. The smallest absolute Gasteiger partial charge is 0.234 e. The van der Waals surface area contributed by atoms with Gasteiger partial charge in [-0.1, -0.05) is 12.1 Å². The lowest BCUT2D eigenvalue weighted by atomic mass is 9.86. The van der Waals surface area contributed by atoms with Gasteiger partial charge in [0.25, 0.3) is 0 Å². The van der Waals surface area contributed by atoms with Crippen molar-refractivity contribution < 1.29 is 9.21 Å². The predicted molar refractivity (Wildman–Crippen MR) is 91.6 cm³/mol. The SMILES string of the molecule is Cc1ccc(-c2ncc(-c3ccc4c(c3)NC(=O)C4(C)C)o2)cn1. The number of aromatic nitrogens is 2. The van der Waals surface area contributed by atoms with E-state index in [9.17, 15) is 4.79 Å². The highest BCUT2D eigenvalue weighted by Gasteiger charge is 2.38. The number of anilines is 1. The van der Waals surface area contributed by atoms with E-state index in [1.54, 1.807) is 12.4 Å². The minimum Gasteiger partial charge on any atom is -0.436 e. The maximum Gasteiger partial charge on any atom is 0.234 e. The van der Waals surface area contributed by atoms with Crippen molar-refractivity contribution in [3.05, 3.63) is 54.0 Å². The summed E-state index contributed by atoms with van der Waals surface area (Å²) in [5.74, 6) is 1.20. The van der Waals surface area contributed by atoms with Crippen molar-refractivity contribution in [2.75, 3.05) is 5.32 Å². The zero-order chi connectivity index (χ0) is 16.9. The second kappa shape index (κ2) is 5.03. The fourth-order valence-corrected chi connectivity index (χ4v) is 2.88. The molecule has 1 aromatic carbocycles. The number of carbonyl (C=O) groups is 1. The monoisotopic (exact) mass is 319 g/mol. The lowest BCUT2D eigenvalue weighted by Gasteiger charge is -2.14. The number of rotatable bonds is 2. The Kier molecular flexibility index (Phi) is 3.06. The zero-order valence-corrected chi connectivity index (χ0v) is 13.8. The number of fused-ring (bicyclic) bond motifs is 1. The van der Waals surface area contributed by atoms with Crippen LogP contribution in [-0.4, -0.2) is 15.9 Å². The summed E-state index contributed by atoms with van der Waals surface area (Å²) in [4.78, 5) is 20.7. The van der Waals surface area contributed by atoms with Gasteiger partial charge < -0.3 is 9.73 Å². The molecule has 1 aliphatic heterocycles. The van der Waals surface area contributed by atoms with Gasteiger partial charge in [0, 0.05) is 23.1 Å². The molecule has 0 saturated carbocycles. The summed E-state index contributed by atoms with van der Waals surface area (Å²) in [6, 6.07) is 9.71. The number of nitrogens with one attached hydrogen (secondary N) is 1. The lowest BCUT2D eigenvalue weighted by molar-refractivity contribution is -0.119. The molecule has 120 valence electrons. The molecule has 24 heavy (non-hydrogen) atoms. The maximum atomic E-state index is 12.1. The predicted octanol–water partition coefficient (Wildman–Crippen LogP) is 3.94. The Balaban J connectivity index is 1.70. The Labute approximate surface area is 139 Å². The summed E-state index contributed by atoms with van der Waals surface area (Å²) < 4.78 is 5.87. The van der Waals surface area contributed by atoms with Crippen LogP contribution in [0.5, 0.6) is 0 Å². The molecule has 3 heterocycles. The number of nitrogens with zero attached hydrogens (tertiary/aromatic N) is 2. The normalized spacial score (nSPS) is 15.2. The van der Waals surface area contributed by atoms with E-state index in [1.165, 1.54) is 0 Å². The van der Waals surface area contributed by atoms with Crippen LogP contribution in [0.4, 0.5) is 5.69 Å². The van der Waals surface area contributed by atoms with Gasteiger partial charge in [0.1, 0.15) is 0 Å². The average Bonchev–Trinajstić information content (AvgIpc) is 3.12. The Hall–Kier alpha value is -2.95. The molecule has 1 amide bonds. The molecular weight excluding hydrogens is 302 g/mol. The second-order valence-corrected chi connectivity index (χ2v) is 6.56. The van der Waals surface area contributed by atoms with Crippen LogP contribution in [0, 0.1) is 6.92 Å². The Bertz CT molecular complexity index is 940. The minimum atomic E-state index is -0.506. The molecule has 0 bridgehead atoms. The van der Waals surface area contributed by atoms with Gasteiger partial charge in [-0.15, -0.1) is 0 Å². The van der Waals surface area contributed by atoms with Crippen molar-refractivity contribution in [1.82, 2.24) is 9.97 Å². The van der Waals surface area contributed by atoms with E-state index in [0.29, 0.717) is 11.7 Å². The third kappa shape index (κ3) is 2.21. The summed E-state index contributed by atoms with van der Waals surface area (Å²) in [5.41, 5.74) is 3.99. The number of amides is 1. The molecule has 0 spiro atoms. The molecule has 1 N–H and O–H groups in total. The second-order valence-electron chi connectivity index (χ2n) is 6.56. The van der Waals surface area contributed by atoms with E-state index in [4.69, 9.17) is 4.42 Å². The molecule has 0 saturated heterocycles. The topological polar surface area (TPSA) is 68.0 Å². The fourth-order valence-electron chi connectivity index (χ4n) is 2.88. The summed E-state index contributed by atoms with van der Waals surface area (Å²) in [6.45, 7) is 5.78. The highest BCUT2D eigenvalue weighted by atomic mass is 16.4. The quantitative estimate of drug-likeness (QED) is 0.777. The van der Waals surface area contributed by atoms with E-state index in [0.717, 1.165) is 28.1 Å². The fraction of sp³-hybridized carbons (Fsp3) is 0.211. The van der Waals surface area contributed by atoms with Crippen molar-refractivity contribution in [3.63, 3.8) is 0 Å². The number of oxazole rings is 1. The van der Waals surface area contributed by atoms with Gasteiger partial charge in [-0.25, -0.2) is 4.98 Å². The number of pyridine rings is 1. The number of benzene rings is 1. The van der Waals surface area contributed by atoms with Crippen molar-refractivity contribution in [3.8, 4) is 22.8 Å². The molecule has 4 rings (SSSR count). The first-order valence-corrected chi connectivity index (χ1v) is 7.80. The number of hydrogen-bond acceptors (Lipinski definition) is 4. The van der Waals surface area contributed by atoms with Gasteiger partial charge >= 0.3 is 0 Å². The molecule has 0 atom stereocenters. The molecular formula is C19H17N3O2. The first-order chi connectivity index (χ1) is 11.4. The summed E-state index contributed by atoms with van der Waals surface area (Å²) >= 11 is 0. The molecule has 5 heteroatoms. The highest BCUT2D eigenvalue weighted by molar-refractivity contribution is 6.06. The molecule has 0 unspecified atom stereocenters. The molecule has 5 nitrogen and oxygen atoms in total. The molecule has 0 radical (unpaired) electrons. The van der Waals surface area contributed by atoms with Gasteiger partial charge in [-0.3, -0.25) is 9.78 Å². The molecule has 1 aliphatic rings. The minimum absolute atomic E-state index is 0.0126. The van der Waals surface area contributed by atoms with Crippen LogP contribution in [0.2, 0.25) is 0 Å². The van der Waals surface area contributed by atoms with Crippen LogP contribution in [0.3, 0.4) is 0 Å². The van der Waals surface area contributed by atoms with Crippen molar-refractivity contribution in [2.24, 2.45) is 0 Å². The van der Waals surface area contributed by atoms with Crippen molar-refractivity contribution in [1.29, 1.82) is 0 Å². The van der Waals surface area contributed by atoms with E-state index in [1.807, 2.05) is 51.1 Å².